The normalized spacial score (nSPS) is 16.2. The maximum atomic E-state index is 14.3. The smallest absolute Gasteiger partial charge is 0.326 e. The Bertz CT molecular complexity index is 2400. The molecule has 0 radical (unpaired) electrons. The minimum atomic E-state index is -1.89. The second kappa shape index (κ2) is 31.8. The van der Waals surface area contributed by atoms with Gasteiger partial charge in [-0.15, -0.1) is 0 Å². The van der Waals surface area contributed by atoms with Crippen LogP contribution in [0.1, 0.15) is 76.3 Å². The summed E-state index contributed by atoms with van der Waals surface area (Å²) in [4.78, 5) is 148. The van der Waals surface area contributed by atoms with Crippen molar-refractivity contribution in [2.45, 2.75) is 132 Å². The number of benzene rings is 2. The van der Waals surface area contributed by atoms with Crippen molar-refractivity contribution in [1.82, 2.24) is 42.1 Å². The van der Waals surface area contributed by atoms with Crippen molar-refractivity contribution < 1.29 is 73.2 Å². The molecule has 0 aromatic heterocycles. The van der Waals surface area contributed by atoms with Crippen LogP contribution in [-0.4, -0.2) is 169 Å². The quantitative estimate of drug-likeness (QED) is 0.0257. The number of aromatic hydroxyl groups is 2. The Hall–Kier alpha value is -7.17. The number of carbonyl (C=O) groups excluding carboxylic acids is 9. The molecule has 28 heteroatoms. The van der Waals surface area contributed by atoms with Gasteiger partial charge in [0.05, 0.1) is 12.5 Å². The monoisotopic (exact) mass is 1120 g/mol. The highest BCUT2D eigenvalue weighted by molar-refractivity contribution is 7.80. The summed E-state index contributed by atoms with van der Waals surface area (Å²) in [7, 11) is 0. The van der Waals surface area contributed by atoms with Gasteiger partial charge in [0.25, 0.3) is 0 Å². The van der Waals surface area contributed by atoms with E-state index < -0.39 is 145 Å². The van der Waals surface area contributed by atoms with Gasteiger partial charge in [0, 0.05) is 37.3 Å². The number of likely N-dealkylation sites (tertiary alicyclic amines) is 1. The van der Waals surface area contributed by atoms with Crippen LogP contribution in [0.4, 0.5) is 0 Å². The molecule has 2 aromatic rings. The predicted octanol–water partition coefficient (Wildman–Crippen LogP) is -2.94. The number of amides is 9. The highest BCUT2D eigenvalue weighted by atomic mass is 32.1. The average molecular weight is 1120 g/mol. The number of carbonyl (C=O) groups is 11. The zero-order chi connectivity index (χ0) is 57.5. The van der Waals surface area contributed by atoms with Crippen LogP contribution >= 0.6 is 25.3 Å². The number of nitrogens with one attached hydrogen (secondary N) is 7. The molecule has 1 aliphatic heterocycles. The van der Waals surface area contributed by atoms with Gasteiger partial charge in [-0.1, -0.05) is 38.1 Å². The molecule has 2 aromatic carbocycles. The van der Waals surface area contributed by atoms with E-state index in [1.165, 1.54) is 48.5 Å². The van der Waals surface area contributed by atoms with Crippen molar-refractivity contribution in [3.63, 3.8) is 0 Å². The summed E-state index contributed by atoms with van der Waals surface area (Å²) in [6, 6.07) is -1.60. The fourth-order valence-electron chi connectivity index (χ4n) is 8.03. The fraction of sp³-hybridized carbons (Fsp3) is 0.531. The number of thiol groups is 2. The second-order valence-corrected chi connectivity index (χ2v) is 19.5. The molecular weight excluding hydrogens is 1050 g/mol. The molecule has 3 rings (SSSR count). The summed E-state index contributed by atoms with van der Waals surface area (Å²) in [5.74, 6) is -12.4. The molecule has 1 aliphatic rings. The van der Waals surface area contributed by atoms with E-state index >= 15 is 0 Å². The van der Waals surface area contributed by atoms with E-state index in [-0.39, 0.29) is 61.7 Å². The molecular formula is C49H71N11O15S2. The Kier molecular flexibility index (Phi) is 26.5. The van der Waals surface area contributed by atoms with Gasteiger partial charge in [-0.05, 0) is 86.4 Å². The van der Waals surface area contributed by atoms with Crippen molar-refractivity contribution >= 4 is 90.4 Å². The largest absolute Gasteiger partial charge is 0.508 e. The molecule has 1 heterocycles. The molecule has 0 saturated carbocycles. The number of hydrogen-bond donors (Lipinski definition) is 16. The maximum Gasteiger partial charge on any atom is 0.326 e. The van der Waals surface area contributed by atoms with Crippen LogP contribution in [0.25, 0.3) is 0 Å². The highest BCUT2D eigenvalue weighted by Gasteiger charge is 2.41. The van der Waals surface area contributed by atoms with Gasteiger partial charge >= 0.3 is 11.9 Å². The molecule has 77 heavy (non-hydrogen) atoms. The van der Waals surface area contributed by atoms with Crippen LogP contribution in [-0.2, 0) is 65.6 Å². The Morgan fingerprint density at radius 2 is 1.12 bits per heavy atom. The summed E-state index contributed by atoms with van der Waals surface area (Å²) in [6.07, 6.45) is -1.19. The molecule has 0 aliphatic carbocycles. The van der Waals surface area contributed by atoms with E-state index in [0.29, 0.717) is 30.5 Å². The van der Waals surface area contributed by atoms with E-state index in [0.717, 1.165) is 4.90 Å². The van der Waals surface area contributed by atoms with E-state index in [1.54, 1.807) is 13.8 Å². The number of aliphatic carboxylic acids is 2. The number of primary amides is 1. The lowest BCUT2D eigenvalue weighted by atomic mass is 9.99. The SMILES string of the molecule is CC(C)[C@H](NC(=O)[C@H](Cc1ccc(O)cc1)NC(=O)[C@@H]1CCCN1C(=O)[C@H](CC(=O)O)NC(=O)[C@H](CCC(N)=O)NC(=O)[C@H](CS)NC(=O)[C@H](Cc1ccc(O)cc1)NC(=O)[C@@H](N)CS)C(=O)N[C@@H](CCCCN)C(=O)O. The number of phenolic OH excluding ortho intramolecular Hbond substituents is 2. The van der Waals surface area contributed by atoms with Crippen molar-refractivity contribution in [3.8, 4) is 11.5 Å². The molecule has 1 saturated heterocycles. The molecule has 0 unspecified atom stereocenters. The summed E-state index contributed by atoms with van der Waals surface area (Å²) in [6.45, 7) is 3.40. The van der Waals surface area contributed by atoms with Gasteiger partial charge < -0.3 is 79.7 Å². The minimum absolute atomic E-state index is 0.00617. The Morgan fingerprint density at radius 1 is 0.623 bits per heavy atom. The number of nitrogens with two attached hydrogens (primary N) is 3. The lowest BCUT2D eigenvalue weighted by molar-refractivity contribution is -0.146. The van der Waals surface area contributed by atoms with Crippen molar-refractivity contribution in [2.24, 2.45) is 23.1 Å². The lowest BCUT2D eigenvalue weighted by Crippen LogP contribution is -2.61. The van der Waals surface area contributed by atoms with Crippen LogP contribution in [0.3, 0.4) is 0 Å². The second-order valence-electron chi connectivity index (χ2n) is 18.7. The van der Waals surface area contributed by atoms with E-state index in [1.807, 2.05) is 0 Å². The van der Waals surface area contributed by atoms with Crippen LogP contribution in [0, 0.1) is 5.92 Å². The number of hydrogen-bond acceptors (Lipinski definition) is 17. The number of nitrogens with zero attached hydrogens (tertiary/aromatic N) is 1. The fourth-order valence-corrected chi connectivity index (χ4v) is 8.45. The van der Waals surface area contributed by atoms with Gasteiger partial charge in [0.15, 0.2) is 0 Å². The van der Waals surface area contributed by atoms with Gasteiger partial charge in [0.1, 0.15) is 59.8 Å². The number of phenols is 2. The first-order valence-corrected chi connectivity index (χ1v) is 26.0. The molecule has 9 amide bonds. The zero-order valence-corrected chi connectivity index (χ0v) is 44.4. The van der Waals surface area contributed by atoms with Crippen LogP contribution in [0.5, 0.6) is 11.5 Å². The number of rotatable bonds is 32. The van der Waals surface area contributed by atoms with Gasteiger partial charge in [-0.3, -0.25) is 47.9 Å². The van der Waals surface area contributed by atoms with Crippen molar-refractivity contribution in [3.05, 3.63) is 59.7 Å². The van der Waals surface area contributed by atoms with Gasteiger partial charge in [0.2, 0.25) is 53.2 Å². The molecule has 424 valence electrons. The summed E-state index contributed by atoms with van der Waals surface area (Å²) < 4.78 is 0. The predicted molar refractivity (Wildman–Crippen MR) is 284 cm³/mol. The molecule has 0 spiro atoms. The van der Waals surface area contributed by atoms with Gasteiger partial charge in [-0.2, -0.15) is 25.3 Å². The van der Waals surface area contributed by atoms with Crippen LogP contribution in [0.15, 0.2) is 48.5 Å². The molecule has 9 atom stereocenters. The van der Waals surface area contributed by atoms with Crippen LogP contribution in [0.2, 0.25) is 0 Å². The maximum absolute atomic E-state index is 14.3. The van der Waals surface area contributed by atoms with E-state index in [2.05, 4.69) is 62.5 Å². The van der Waals surface area contributed by atoms with Crippen molar-refractivity contribution in [2.75, 3.05) is 24.6 Å². The Balaban J connectivity index is 1.87. The third-order valence-corrected chi connectivity index (χ3v) is 13.1. The summed E-state index contributed by atoms with van der Waals surface area (Å²) in [5.41, 5.74) is 17.7. The zero-order valence-electron chi connectivity index (χ0n) is 42.6. The van der Waals surface area contributed by atoms with Crippen LogP contribution < -0.4 is 54.4 Å². The Labute approximate surface area is 455 Å². The Morgan fingerprint density at radius 3 is 1.62 bits per heavy atom. The number of carboxylic acid groups (broad SMARTS) is 2. The van der Waals surface area contributed by atoms with E-state index in [9.17, 15) is 73.2 Å². The first-order valence-electron chi connectivity index (χ1n) is 24.8. The molecule has 17 N–H and O–H groups in total. The number of carboxylic acids is 2. The highest BCUT2D eigenvalue weighted by Crippen LogP contribution is 2.21. The molecule has 0 bridgehead atoms. The third-order valence-electron chi connectivity index (χ3n) is 12.3. The lowest BCUT2D eigenvalue weighted by Gasteiger charge is -2.31. The topological polar surface area (TPSA) is 434 Å². The first kappa shape index (κ1) is 64.1. The standard InChI is InChI=1S/C49H71N11O15S2/c1-25(2)40(47(72)54-32(49(74)75)6-3-4-18-50)59-44(69)34(21-27-10-14-29(62)15-11-27)56-46(71)37-7-5-19-60(37)48(73)35(22-39(64)65)57-42(67)31(16-17-38(52)63)53-45(70)36(24-77)58-43(68)33(55-41(66)30(51)23-76)20-26-8-12-28(61)13-9-26/h8-15,25,30-37,40,61-62,76-77H,3-7,16-24,50-51H2,1-2H3,(H2,52,63)(H,53,70)(H,54,72)(H,55,66)(H,56,71)(H,57,67)(H,58,68)(H,59,69)(H,64,65)(H,74,75)/t30-,31-,32-,33-,34-,35-,36-,37-,40-/m0/s1. The van der Waals surface area contributed by atoms with E-state index in [4.69, 9.17) is 17.2 Å². The first-order chi connectivity index (χ1) is 36.4. The number of unbranched alkanes of at least 4 members (excludes halogenated alkanes) is 1. The summed E-state index contributed by atoms with van der Waals surface area (Å²) in [5, 5.41) is 56.7. The third kappa shape index (κ3) is 21.1. The van der Waals surface area contributed by atoms with Crippen molar-refractivity contribution in [1.29, 1.82) is 0 Å². The molecule has 1 fully saturated rings. The average Bonchev–Trinajstić information content (AvgIpc) is 3.88. The molecule has 26 nitrogen and oxygen atoms in total. The summed E-state index contributed by atoms with van der Waals surface area (Å²) >= 11 is 8.21. The van der Waals surface area contributed by atoms with Gasteiger partial charge in [-0.25, -0.2) is 4.79 Å². The minimum Gasteiger partial charge on any atom is -0.508 e.